The zero-order valence-electron chi connectivity index (χ0n) is 15.6. The van der Waals surface area contributed by atoms with Gasteiger partial charge in [-0.25, -0.2) is 0 Å². The van der Waals surface area contributed by atoms with Crippen molar-refractivity contribution in [3.05, 3.63) is 36.4 Å². The Balaban J connectivity index is 1.73. The van der Waals surface area contributed by atoms with Gasteiger partial charge in [-0.15, -0.1) is 10.2 Å². The largest absolute Gasteiger partial charge is 0.496 e. The Bertz CT molecular complexity index is 746. The van der Waals surface area contributed by atoms with E-state index in [-0.39, 0.29) is 17.9 Å². The van der Waals surface area contributed by atoms with Gasteiger partial charge in [-0.2, -0.15) is 0 Å². The number of amides is 1. The Labute approximate surface area is 154 Å². The number of piperidine rings is 1. The summed E-state index contributed by atoms with van der Waals surface area (Å²) in [4.78, 5) is 14.5. The normalized spacial score (nSPS) is 17.2. The Hall–Kier alpha value is -2.63. The lowest BCUT2D eigenvalue weighted by Crippen LogP contribution is -2.45. The molecule has 3 rings (SSSR count). The molecule has 26 heavy (non-hydrogen) atoms. The van der Waals surface area contributed by atoms with Crippen molar-refractivity contribution in [3.63, 3.8) is 0 Å². The summed E-state index contributed by atoms with van der Waals surface area (Å²) in [5, 5.41) is 11.8. The predicted octanol–water partition coefficient (Wildman–Crippen LogP) is 2.89. The molecule has 1 fully saturated rings. The molecule has 1 N–H and O–H groups in total. The van der Waals surface area contributed by atoms with Crippen molar-refractivity contribution in [1.29, 1.82) is 0 Å². The molecular formula is C20H26N4O2. The molecule has 6 nitrogen and oxygen atoms in total. The van der Waals surface area contributed by atoms with Gasteiger partial charge in [0.15, 0.2) is 5.82 Å². The van der Waals surface area contributed by atoms with Crippen LogP contribution in [0.5, 0.6) is 5.75 Å². The molecule has 1 aromatic carbocycles. The van der Waals surface area contributed by atoms with Crippen molar-refractivity contribution in [3.8, 4) is 17.0 Å². The highest BCUT2D eigenvalue weighted by Crippen LogP contribution is 2.29. The van der Waals surface area contributed by atoms with Crippen LogP contribution in [0.25, 0.3) is 11.3 Å². The van der Waals surface area contributed by atoms with Crippen molar-refractivity contribution in [2.45, 2.75) is 32.7 Å². The van der Waals surface area contributed by atoms with Crippen LogP contribution in [0.4, 0.5) is 5.82 Å². The Morgan fingerprint density at radius 2 is 2.04 bits per heavy atom. The molecule has 1 atom stereocenters. The number of benzene rings is 1. The van der Waals surface area contributed by atoms with Crippen LogP contribution in [-0.4, -0.2) is 42.3 Å². The summed E-state index contributed by atoms with van der Waals surface area (Å²) in [5.74, 6) is 1.72. The summed E-state index contributed by atoms with van der Waals surface area (Å²) in [7, 11) is 1.65. The van der Waals surface area contributed by atoms with Crippen LogP contribution >= 0.6 is 0 Å². The summed E-state index contributed by atoms with van der Waals surface area (Å²) < 4.78 is 5.40. The number of ether oxygens (including phenoxy) is 1. The van der Waals surface area contributed by atoms with Crippen LogP contribution in [-0.2, 0) is 4.79 Å². The predicted molar refractivity (Wildman–Crippen MR) is 102 cm³/mol. The number of aromatic nitrogens is 2. The van der Waals surface area contributed by atoms with Crippen molar-refractivity contribution in [2.24, 2.45) is 5.92 Å². The van der Waals surface area contributed by atoms with Gasteiger partial charge in [0.25, 0.3) is 0 Å². The monoisotopic (exact) mass is 354 g/mol. The van der Waals surface area contributed by atoms with Gasteiger partial charge in [0.05, 0.1) is 18.7 Å². The van der Waals surface area contributed by atoms with Gasteiger partial charge < -0.3 is 15.0 Å². The number of para-hydroxylation sites is 1. The minimum atomic E-state index is 0.00171. The third-order valence-electron chi connectivity index (χ3n) is 4.58. The van der Waals surface area contributed by atoms with Crippen LogP contribution in [0.2, 0.25) is 0 Å². The second-order valence-electron chi connectivity index (χ2n) is 6.93. The second kappa shape index (κ2) is 8.17. The average Bonchev–Trinajstić information content (AvgIpc) is 2.67. The van der Waals surface area contributed by atoms with Gasteiger partial charge >= 0.3 is 0 Å². The van der Waals surface area contributed by atoms with Crippen molar-refractivity contribution >= 4 is 11.7 Å². The molecule has 2 heterocycles. The smallest absolute Gasteiger partial charge is 0.225 e. The summed E-state index contributed by atoms with van der Waals surface area (Å²) in [6.07, 6.45) is 1.90. The number of methoxy groups -OCH3 is 1. The van der Waals surface area contributed by atoms with Crippen molar-refractivity contribution in [1.82, 2.24) is 15.5 Å². The highest BCUT2D eigenvalue weighted by atomic mass is 16.5. The maximum Gasteiger partial charge on any atom is 0.225 e. The minimum absolute atomic E-state index is 0.00171. The van der Waals surface area contributed by atoms with Crippen LogP contribution in [0.15, 0.2) is 36.4 Å². The molecule has 0 spiro atoms. The number of anilines is 1. The minimum Gasteiger partial charge on any atom is -0.496 e. The quantitative estimate of drug-likeness (QED) is 0.894. The number of carbonyl (C=O) groups is 1. The van der Waals surface area contributed by atoms with E-state index in [0.29, 0.717) is 6.54 Å². The Morgan fingerprint density at radius 1 is 1.23 bits per heavy atom. The number of hydrogen-bond donors (Lipinski definition) is 1. The van der Waals surface area contributed by atoms with Gasteiger partial charge in [-0.3, -0.25) is 4.79 Å². The summed E-state index contributed by atoms with van der Waals surface area (Å²) in [6, 6.07) is 11.9. The molecule has 0 aliphatic carbocycles. The first-order valence-corrected chi connectivity index (χ1v) is 9.11. The fourth-order valence-electron chi connectivity index (χ4n) is 3.30. The van der Waals surface area contributed by atoms with E-state index >= 15 is 0 Å². The zero-order valence-corrected chi connectivity index (χ0v) is 15.6. The molecule has 0 radical (unpaired) electrons. The van der Waals surface area contributed by atoms with Crippen LogP contribution < -0.4 is 15.0 Å². The standard InChI is InChI=1S/C20H26N4O2/c1-14(2)21-20(25)15-7-6-12-24(13-15)19-11-10-17(22-23-19)16-8-4-5-9-18(16)26-3/h4-5,8-11,14-15H,6-7,12-13H2,1-3H3,(H,21,25). The first-order chi connectivity index (χ1) is 12.6. The fraction of sp³-hybridized carbons (Fsp3) is 0.450. The number of nitrogens with one attached hydrogen (secondary N) is 1. The molecule has 1 unspecified atom stereocenters. The molecule has 1 aromatic heterocycles. The average molecular weight is 354 g/mol. The highest BCUT2D eigenvalue weighted by Gasteiger charge is 2.27. The Morgan fingerprint density at radius 3 is 2.73 bits per heavy atom. The molecule has 1 aliphatic heterocycles. The lowest BCUT2D eigenvalue weighted by Gasteiger charge is -2.33. The third-order valence-corrected chi connectivity index (χ3v) is 4.58. The van der Waals surface area contributed by atoms with Crippen molar-refractivity contribution < 1.29 is 9.53 Å². The topological polar surface area (TPSA) is 67.3 Å². The Kier molecular flexibility index (Phi) is 5.71. The maximum atomic E-state index is 12.3. The molecular weight excluding hydrogens is 328 g/mol. The van der Waals surface area contributed by atoms with E-state index in [1.165, 1.54) is 0 Å². The zero-order chi connectivity index (χ0) is 18.5. The molecule has 1 aliphatic rings. The molecule has 2 aromatic rings. The summed E-state index contributed by atoms with van der Waals surface area (Å²) in [5.41, 5.74) is 1.69. The van der Waals surface area contributed by atoms with E-state index in [1.807, 2.05) is 50.2 Å². The van der Waals surface area contributed by atoms with E-state index in [4.69, 9.17) is 4.74 Å². The fourth-order valence-corrected chi connectivity index (χ4v) is 3.30. The van der Waals surface area contributed by atoms with Gasteiger partial charge in [-0.1, -0.05) is 12.1 Å². The van der Waals surface area contributed by atoms with Crippen LogP contribution in [0.3, 0.4) is 0 Å². The van der Waals surface area contributed by atoms with Gasteiger partial charge in [0.1, 0.15) is 5.75 Å². The van der Waals surface area contributed by atoms with Crippen molar-refractivity contribution in [2.75, 3.05) is 25.1 Å². The first kappa shape index (κ1) is 18.2. The summed E-state index contributed by atoms with van der Waals surface area (Å²) >= 11 is 0. The molecule has 1 amide bonds. The molecule has 0 bridgehead atoms. The number of hydrogen-bond acceptors (Lipinski definition) is 5. The van der Waals surface area contributed by atoms with E-state index in [2.05, 4.69) is 20.4 Å². The molecule has 6 heteroatoms. The maximum absolute atomic E-state index is 12.3. The van der Waals surface area contributed by atoms with E-state index in [0.717, 1.165) is 42.2 Å². The summed E-state index contributed by atoms with van der Waals surface area (Å²) in [6.45, 7) is 5.55. The lowest BCUT2D eigenvalue weighted by molar-refractivity contribution is -0.125. The number of rotatable bonds is 5. The number of nitrogens with zero attached hydrogens (tertiary/aromatic N) is 3. The van der Waals surface area contributed by atoms with Crippen LogP contribution in [0, 0.1) is 5.92 Å². The van der Waals surface area contributed by atoms with E-state index < -0.39 is 0 Å². The lowest BCUT2D eigenvalue weighted by atomic mass is 9.97. The molecule has 0 saturated carbocycles. The van der Waals surface area contributed by atoms with Gasteiger partial charge in [-0.05, 0) is 51.0 Å². The molecule has 138 valence electrons. The van der Waals surface area contributed by atoms with Gasteiger partial charge in [0.2, 0.25) is 5.91 Å². The van der Waals surface area contributed by atoms with E-state index in [1.54, 1.807) is 7.11 Å². The van der Waals surface area contributed by atoms with Gasteiger partial charge in [0, 0.05) is 24.7 Å². The number of carbonyl (C=O) groups excluding carboxylic acids is 1. The SMILES string of the molecule is COc1ccccc1-c1ccc(N2CCCC(C(=O)NC(C)C)C2)nn1. The first-order valence-electron chi connectivity index (χ1n) is 9.11. The van der Waals surface area contributed by atoms with E-state index in [9.17, 15) is 4.79 Å². The second-order valence-corrected chi connectivity index (χ2v) is 6.93. The highest BCUT2D eigenvalue weighted by molar-refractivity contribution is 5.79. The molecule has 1 saturated heterocycles. The third kappa shape index (κ3) is 4.12. The van der Waals surface area contributed by atoms with Crippen LogP contribution in [0.1, 0.15) is 26.7 Å².